The van der Waals surface area contributed by atoms with Gasteiger partial charge in [-0.05, 0) is 44.0 Å². The monoisotopic (exact) mass is 349 g/mol. The van der Waals surface area contributed by atoms with Gasteiger partial charge in [0.15, 0.2) is 11.5 Å². The predicted octanol–water partition coefficient (Wildman–Crippen LogP) is 3.36. The summed E-state index contributed by atoms with van der Waals surface area (Å²) in [6, 6.07) is 10.2. The van der Waals surface area contributed by atoms with E-state index in [-0.39, 0.29) is 10.9 Å². The van der Waals surface area contributed by atoms with Crippen molar-refractivity contribution < 1.29 is 17.9 Å². The average molecular weight is 349 g/mol. The maximum Gasteiger partial charge on any atom is 0.241 e. The molecule has 2 aromatic carbocycles. The smallest absolute Gasteiger partial charge is 0.241 e. The normalized spacial score (nSPS) is 12.7. The summed E-state index contributed by atoms with van der Waals surface area (Å²) in [5.74, 6) is 0.860. The van der Waals surface area contributed by atoms with Gasteiger partial charge in [0, 0.05) is 12.1 Å². The second-order valence-corrected chi connectivity index (χ2v) is 7.43. The second kappa shape index (κ2) is 7.23. The Hall–Kier alpha value is -2.05. The van der Waals surface area contributed by atoms with Crippen molar-refractivity contribution in [2.24, 2.45) is 0 Å². The molecule has 1 N–H and O–H groups in total. The van der Waals surface area contributed by atoms with Gasteiger partial charge >= 0.3 is 0 Å². The molecule has 0 aromatic heterocycles. The van der Waals surface area contributed by atoms with E-state index in [1.54, 1.807) is 6.07 Å². The van der Waals surface area contributed by atoms with E-state index >= 15 is 0 Å². The van der Waals surface area contributed by atoms with Crippen LogP contribution in [-0.2, 0) is 10.0 Å². The molecule has 0 amide bonds. The van der Waals surface area contributed by atoms with Crippen LogP contribution in [0.2, 0.25) is 0 Å². The first-order chi connectivity index (χ1) is 11.3. The Morgan fingerprint density at radius 2 is 1.62 bits per heavy atom. The number of ether oxygens (including phenoxy) is 2. The molecule has 0 aliphatic rings. The van der Waals surface area contributed by atoms with Gasteiger partial charge in [0.25, 0.3) is 0 Å². The molecule has 5 nitrogen and oxygen atoms in total. The van der Waals surface area contributed by atoms with Crippen LogP contribution in [0.4, 0.5) is 0 Å². The van der Waals surface area contributed by atoms with Crippen molar-refractivity contribution in [1.29, 1.82) is 0 Å². The number of benzene rings is 2. The number of nitrogens with one attached hydrogen (secondary N) is 1. The largest absolute Gasteiger partial charge is 0.493 e. The molecule has 0 saturated carbocycles. The van der Waals surface area contributed by atoms with E-state index in [4.69, 9.17) is 9.47 Å². The Balaban J connectivity index is 2.32. The van der Waals surface area contributed by atoms with E-state index in [9.17, 15) is 8.42 Å². The SMILES string of the molecule is COc1ccc(S(=O)(=O)N[C@@H](C)c2cc(C)ccc2C)cc1OC. The molecule has 2 aromatic rings. The molecule has 0 saturated heterocycles. The topological polar surface area (TPSA) is 64.6 Å². The zero-order valence-electron chi connectivity index (χ0n) is 14.6. The van der Waals surface area contributed by atoms with Crippen LogP contribution >= 0.6 is 0 Å². The van der Waals surface area contributed by atoms with E-state index in [1.807, 2.05) is 39.0 Å². The van der Waals surface area contributed by atoms with Crippen LogP contribution in [0, 0.1) is 13.8 Å². The lowest BCUT2D eigenvalue weighted by Gasteiger charge is -2.18. The summed E-state index contributed by atoms with van der Waals surface area (Å²) in [6.07, 6.45) is 0. The van der Waals surface area contributed by atoms with Gasteiger partial charge in [-0.15, -0.1) is 0 Å². The Labute approximate surface area is 143 Å². The van der Waals surface area contributed by atoms with E-state index in [1.165, 1.54) is 26.4 Å². The third kappa shape index (κ3) is 3.88. The fourth-order valence-electron chi connectivity index (χ4n) is 2.57. The van der Waals surface area contributed by atoms with Gasteiger partial charge in [0.05, 0.1) is 19.1 Å². The van der Waals surface area contributed by atoms with Gasteiger partial charge < -0.3 is 9.47 Å². The molecule has 0 unspecified atom stereocenters. The van der Waals surface area contributed by atoms with Crippen molar-refractivity contribution in [3.63, 3.8) is 0 Å². The molecule has 130 valence electrons. The maximum absolute atomic E-state index is 12.7. The number of aryl methyl sites for hydroxylation is 2. The zero-order chi connectivity index (χ0) is 17.9. The summed E-state index contributed by atoms with van der Waals surface area (Å²) in [5.41, 5.74) is 3.09. The molecular weight excluding hydrogens is 326 g/mol. The van der Waals surface area contributed by atoms with Gasteiger partial charge in [0.2, 0.25) is 10.0 Å². The minimum Gasteiger partial charge on any atom is -0.493 e. The fourth-order valence-corrected chi connectivity index (χ4v) is 3.81. The molecule has 2 rings (SSSR count). The van der Waals surface area contributed by atoms with Crippen LogP contribution in [0.25, 0.3) is 0 Å². The fraction of sp³-hybridized carbons (Fsp3) is 0.333. The van der Waals surface area contributed by atoms with Crippen molar-refractivity contribution in [3.05, 3.63) is 53.1 Å². The van der Waals surface area contributed by atoms with Gasteiger partial charge in [-0.25, -0.2) is 13.1 Å². The van der Waals surface area contributed by atoms with E-state index in [0.717, 1.165) is 16.7 Å². The molecule has 0 radical (unpaired) electrons. The van der Waals surface area contributed by atoms with Gasteiger partial charge in [-0.2, -0.15) is 0 Å². The molecule has 0 fully saturated rings. The van der Waals surface area contributed by atoms with Crippen LogP contribution in [0.5, 0.6) is 11.5 Å². The lowest BCUT2D eigenvalue weighted by Crippen LogP contribution is -2.27. The van der Waals surface area contributed by atoms with Crippen molar-refractivity contribution in [2.75, 3.05) is 14.2 Å². The highest BCUT2D eigenvalue weighted by atomic mass is 32.2. The highest BCUT2D eigenvalue weighted by molar-refractivity contribution is 7.89. The predicted molar refractivity (Wildman–Crippen MR) is 94.2 cm³/mol. The average Bonchev–Trinajstić information content (AvgIpc) is 2.55. The standard InChI is InChI=1S/C18H23NO4S/c1-12-6-7-13(2)16(10-12)14(3)19-24(20,21)15-8-9-17(22-4)18(11-15)23-5/h6-11,14,19H,1-5H3/t14-/m0/s1. The number of rotatable bonds is 6. The van der Waals surface area contributed by atoms with Crippen molar-refractivity contribution in [3.8, 4) is 11.5 Å². The van der Waals surface area contributed by atoms with Crippen LogP contribution in [-0.4, -0.2) is 22.6 Å². The lowest BCUT2D eigenvalue weighted by molar-refractivity contribution is 0.354. The van der Waals surface area contributed by atoms with Gasteiger partial charge in [0.1, 0.15) is 0 Å². The van der Waals surface area contributed by atoms with Gasteiger partial charge in [-0.1, -0.05) is 23.8 Å². The molecule has 6 heteroatoms. The van der Waals surface area contributed by atoms with E-state index < -0.39 is 10.0 Å². The molecule has 0 aliphatic heterocycles. The molecular formula is C18H23NO4S. The van der Waals surface area contributed by atoms with Crippen LogP contribution in [0.15, 0.2) is 41.3 Å². The third-order valence-electron chi connectivity index (χ3n) is 3.90. The number of hydrogen-bond donors (Lipinski definition) is 1. The summed E-state index contributed by atoms with van der Waals surface area (Å²) in [4.78, 5) is 0.136. The summed E-state index contributed by atoms with van der Waals surface area (Å²) >= 11 is 0. The first-order valence-electron chi connectivity index (χ1n) is 7.60. The van der Waals surface area contributed by atoms with E-state index in [2.05, 4.69) is 4.72 Å². The molecule has 0 bridgehead atoms. The Morgan fingerprint density at radius 1 is 0.958 bits per heavy atom. The summed E-state index contributed by atoms with van der Waals surface area (Å²) in [7, 11) is -0.701. The Morgan fingerprint density at radius 3 is 2.25 bits per heavy atom. The number of sulfonamides is 1. The minimum absolute atomic E-state index is 0.136. The van der Waals surface area contributed by atoms with Crippen LogP contribution in [0.1, 0.15) is 29.7 Å². The van der Waals surface area contributed by atoms with Crippen LogP contribution < -0.4 is 14.2 Å². The highest BCUT2D eigenvalue weighted by Crippen LogP contribution is 2.30. The molecule has 0 aliphatic carbocycles. The van der Waals surface area contributed by atoms with E-state index in [0.29, 0.717) is 11.5 Å². The summed E-state index contributed by atoms with van der Waals surface area (Å²) < 4.78 is 38.4. The summed E-state index contributed by atoms with van der Waals surface area (Å²) in [6.45, 7) is 5.79. The second-order valence-electron chi connectivity index (χ2n) is 5.72. The molecule has 1 atom stereocenters. The Bertz CT molecular complexity index is 831. The third-order valence-corrected chi connectivity index (χ3v) is 5.44. The maximum atomic E-state index is 12.7. The van der Waals surface area contributed by atoms with Crippen molar-refractivity contribution in [2.45, 2.75) is 31.7 Å². The number of hydrogen-bond acceptors (Lipinski definition) is 4. The van der Waals surface area contributed by atoms with Gasteiger partial charge in [-0.3, -0.25) is 0 Å². The first-order valence-corrected chi connectivity index (χ1v) is 9.08. The minimum atomic E-state index is -3.68. The molecule has 24 heavy (non-hydrogen) atoms. The first kappa shape index (κ1) is 18.3. The zero-order valence-corrected chi connectivity index (χ0v) is 15.4. The van der Waals surface area contributed by atoms with Crippen molar-refractivity contribution in [1.82, 2.24) is 4.72 Å². The van der Waals surface area contributed by atoms with Crippen molar-refractivity contribution >= 4 is 10.0 Å². The summed E-state index contributed by atoms with van der Waals surface area (Å²) in [5, 5.41) is 0. The Kier molecular flexibility index (Phi) is 5.51. The quantitative estimate of drug-likeness (QED) is 0.868. The molecule has 0 heterocycles. The number of methoxy groups -OCH3 is 2. The highest BCUT2D eigenvalue weighted by Gasteiger charge is 2.21. The van der Waals surface area contributed by atoms with Crippen LogP contribution in [0.3, 0.4) is 0 Å². The molecule has 0 spiro atoms. The lowest BCUT2D eigenvalue weighted by atomic mass is 10.0.